The van der Waals surface area contributed by atoms with Crippen molar-refractivity contribution in [2.45, 2.75) is 26.3 Å². The molecule has 0 fully saturated rings. The van der Waals surface area contributed by atoms with Crippen LogP contribution >= 0.6 is 0 Å². The molecule has 1 aromatic rings. The summed E-state index contributed by atoms with van der Waals surface area (Å²) >= 11 is 0. The lowest BCUT2D eigenvalue weighted by atomic mass is 9.95. The third-order valence-corrected chi connectivity index (χ3v) is 2.51. The van der Waals surface area contributed by atoms with E-state index >= 15 is 0 Å². The number of hydrogen-bond donors (Lipinski definition) is 2. The van der Waals surface area contributed by atoms with Gasteiger partial charge in [-0.15, -0.1) is 0 Å². The summed E-state index contributed by atoms with van der Waals surface area (Å²) in [5.74, 6) is 1.95. The fourth-order valence-corrected chi connectivity index (χ4v) is 1.91. The van der Waals surface area contributed by atoms with Gasteiger partial charge in [0.25, 0.3) is 0 Å². The minimum absolute atomic E-state index is 0.283. The van der Waals surface area contributed by atoms with Crippen LogP contribution in [0.15, 0.2) is 12.1 Å². The molecule has 2 N–H and O–H groups in total. The number of rotatable bonds is 3. The first-order valence-electron chi connectivity index (χ1n) is 5.02. The molecule has 4 heteroatoms. The normalized spacial score (nSPS) is 13.6. The zero-order valence-corrected chi connectivity index (χ0v) is 8.91. The number of hydroxylamine groups is 1. The predicted molar refractivity (Wildman–Crippen MR) is 55.3 cm³/mol. The molecule has 1 heterocycles. The Morgan fingerprint density at radius 1 is 1.40 bits per heavy atom. The van der Waals surface area contributed by atoms with E-state index in [1.165, 1.54) is 0 Å². The monoisotopic (exact) mass is 209 g/mol. The van der Waals surface area contributed by atoms with E-state index in [2.05, 4.69) is 19.3 Å². The maximum absolute atomic E-state index is 8.75. The summed E-state index contributed by atoms with van der Waals surface area (Å²) in [6.07, 6.45) is 0. The van der Waals surface area contributed by atoms with Gasteiger partial charge < -0.3 is 14.7 Å². The van der Waals surface area contributed by atoms with E-state index in [0.29, 0.717) is 12.5 Å². The van der Waals surface area contributed by atoms with Crippen molar-refractivity contribution in [2.24, 2.45) is 0 Å². The number of nitrogens with one attached hydrogen (secondary N) is 1. The Hall–Kier alpha value is -1.26. The van der Waals surface area contributed by atoms with Crippen LogP contribution in [0.25, 0.3) is 0 Å². The van der Waals surface area contributed by atoms with Crippen molar-refractivity contribution in [1.82, 2.24) is 5.48 Å². The van der Waals surface area contributed by atoms with Crippen LogP contribution in [0.4, 0.5) is 0 Å². The van der Waals surface area contributed by atoms with Gasteiger partial charge in [-0.05, 0) is 17.5 Å². The molecule has 0 saturated carbocycles. The Kier molecular flexibility index (Phi) is 2.79. The van der Waals surface area contributed by atoms with E-state index in [9.17, 15) is 0 Å². The maximum atomic E-state index is 8.75. The molecule has 0 spiro atoms. The third-order valence-electron chi connectivity index (χ3n) is 2.51. The van der Waals surface area contributed by atoms with Gasteiger partial charge in [-0.3, -0.25) is 0 Å². The summed E-state index contributed by atoms with van der Waals surface area (Å²) < 4.78 is 10.8. The summed E-state index contributed by atoms with van der Waals surface area (Å²) in [7, 11) is 0. The zero-order chi connectivity index (χ0) is 10.8. The lowest BCUT2D eigenvalue weighted by Gasteiger charge is -2.14. The van der Waals surface area contributed by atoms with Crippen LogP contribution in [0.1, 0.15) is 30.9 Å². The van der Waals surface area contributed by atoms with E-state index in [1.54, 1.807) is 0 Å². The Morgan fingerprint density at radius 3 is 2.87 bits per heavy atom. The molecule has 0 atom stereocenters. The molecule has 1 aliphatic heterocycles. The summed E-state index contributed by atoms with van der Waals surface area (Å²) in [5, 5.41) is 8.75. The van der Waals surface area contributed by atoms with Gasteiger partial charge in [-0.1, -0.05) is 19.9 Å². The van der Waals surface area contributed by atoms with Crippen molar-refractivity contribution in [2.75, 3.05) is 6.79 Å². The highest BCUT2D eigenvalue weighted by Crippen LogP contribution is 2.41. The SMILES string of the molecule is CC(C)c1c(CNO)ccc2c1OCO2. The highest BCUT2D eigenvalue weighted by molar-refractivity contribution is 5.53. The van der Waals surface area contributed by atoms with Crippen molar-refractivity contribution in [3.8, 4) is 11.5 Å². The van der Waals surface area contributed by atoms with Gasteiger partial charge in [-0.25, -0.2) is 5.48 Å². The molecule has 0 aliphatic carbocycles. The largest absolute Gasteiger partial charge is 0.454 e. The van der Waals surface area contributed by atoms with Crippen molar-refractivity contribution >= 4 is 0 Å². The summed E-state index contributed by atoms with van der Waals surface area (Å²) in [6.45, 7) is 4.89. The van der Waals surface area contributed by atoms with Crippen molar-refractivity contribution in [3.05, 3.63) is 23.3 Å². The van der Waals surface area contributed by atoms with Gasteiger partial charge in [0.15, 0.2) is 11.5 Å². The molecule has 0 radical (unpaired) electrons. The van der Waals surface area contributed by atoms with Crippen LogP contribution in [-0.4, -0.2) is 12.0 Å². The Morgan fingerprint density at radius 2 is 2.20 bits per heavy atom. The number of ether oxygens (including phenoxy) is 2. The first-order chi connectivity index (χ1) is 7.24. The van der Waals surface area contributed by atoms with Gasteiger partial charge >= 0.3 is 0 Å². The molecular weight excluding hydrogens is 194 g/mol. The van der Waals surface area contributed by atoms with Crippen LogP contribution in [0.2, 0.25) is 0 Å². The van der Waals surface area contributed by atoms with E-state index in [4.69, 9.17) is 14.7 Å². The van der Waals surface area contributed by atoms with Gasteiger partial charge in [0, 0.05) is 12.1 Å². The third kappa shape index (κ3) is 1.78. The van der Waals surface area contributed by atoms with E-state index in [-0.39, 0.29) is 6.79 Å². The minimum Gasteiger partial charge on any atom is -0.454 e. The van der Waals surface area contributed by atoms with Gasteiger partial charge in [0.1, 0.15) is 0 Å². The second-order valence-electron chi connectivity index (χ2n) is 3.86. The fraction of sp³-hybridized carbons (Fsp3) is 0.455. The van der Waals surface area contributed by atoms with Crippen LogP contribution in [0.5, 0.6) is 11.5 Å². The van der Waals surface area contributed by atoms with E-state index in [1.807, 2.05) is 12.1 Å². The Bertz CT molecular complexity index is 363. The molecule has 4 nitrogen and oxygen atoms in total. The average molecular weight is 209 g/mol. The van der Waals surface area contributed by atoms with Crippen LogP contribution in [0.3, 0.4) is 0 Å². The summed E-state index contributed by atoms with van der Waals surface area (Å²) in [6, 6.07) is 3.83. The van der Waals surface area contributed by atoms with Crippen molar-refractivity contribution < 1.29 is 14.7 Å². The van der Waals surface area contributed by atoms with Crippen molar-refractivity contribution in [1.29, 1.82) is 0 Å². The van der Waals surface area contributed by atoms with E-state index in [0.717, 1.165) is 22.6 Å². The maximum Gasteiger partial charge on any atom is 0.231 e. The molecule has 0 amide bonds. The topological polar surface area (TPSA) is 50.7 Å². The lowest BCUT2D eigenvalue weighted by molar-refractivity contribution is 0.160. The quantitative estimate of drug-likeness (QED) is 0.748. The van der Waals surface area contributed by atoms with Crippen LogP contribution < -0.4 is 15.0 Å². The number of benzene rings is 1. The second kappa shape index (κ2) is 4.08. The molecule has 0 aromatic heterocycles. The summed E-state index contributed by atoms with van der Waals surface area (Å²) in [5.41, 5.74) is 4.32. The lowest BCUT2D eigenvalue weighted by Crippen LogP contribution is -2.09. The molecule has 0 bridgehead atoms. The second-order valence-corrected chi connectivity index (χ2v) is 3.86. The smallest absolute Gasteiger partial charge is 0.231 e. The number of hydrogen-bond acceptors (Lipinski definition) is 4. The highest BCUT2D eigenvalue weighted by Gasteiger charge is 2.22. The Labute approximate surface area is 88.8 Å². The molecule has 82 valence electrons. The first kappa shape index (κ1) is 10.3. The molecule has 2 rings (SSSR count). The molecule has 15 heavy (non-hydrogen) atoms. The molecule has 1 aliphatic rings. The molecule has 1 aromatic carbocycles. The fourth-order valence-electron chi connectivity index (χ4n) is 1.91. The van der Waals surface area contributed by atoms with Crippen molar-refractivity contribution in [3.63, 3.8) is 0 Å². The van der Waals surface area contributed by atoms with E-state index < -0.39 is 0 Å². The van der Waals surface area contributed by atoms with Gasteiger partial charge in [-0.2, -0.15) is 0 Å². The minimum atomic E-state index is 0.283. The summed E-state index contributed by atoms with van der Waals surface area (Å²) in [4.78, 5) is 0. The predicted octanol–water partition coefficient (Wildman–Crippen LogP) is 2.02. The molecule has 0 unspecified atom stereocenters. The molecular formula is C11H15NO3. The van der Waals surface area contributed by atoms with Crippen LogP contribution in [0, 0.1) is 0 Å². The van der Waals surface area contributed by atoms with Crippen LogP contribution in [-0.2, 0) is 6.54 Å². The Balaban J connectivity index is 2.48. The highest BCUT2D eigenvalue weighted by atomic mass is 16.7. The standard InChI is InChI=1S/C11H15NO3/c1-7(2)10-8(5-12-13)3-4-9-11(10)15-6-14-9/h3-4,7,12-13H,5-6H2,1-2H3. The zero-order valence-electron chi connectivity index (χ0n) is 8.91. The average Bonchev–Trinajstić information content (AvgIpc) is 2.64. The first-order valence-corrected chi connectivity index (χ1v) is 5.02. The number of fused-ring (bicyclic) bond motifs is 1. The van der Waals surface area contributed by atoms with Gasteiger partial charge in [0.2, 0.25) is 6.79 Å². The molecule has 0 saturated heterocycles. The van der Waals surface area contributed by atoms with Gasteiger partial charge in [0.05, 0.1) is 0 Å².